The van der Waals surface area contributed by atoms with Crippen LogP contribution in [0.15, 0.2) is 24.3 Å². The highest BCUT2D eigenvalue weighted by Gasteiger charge is 2.18. The van der Waals surface area contributed by atoms with E-state index in [1.807, 2.05) is 24.3 Å². The number of carbonyl (C=O) groups is 1. The highest BCUT2D eigenvalue weighted by Crippen LogP contribution is 2.22. The summed E-state index contributed by atoms with van der Waals surface area (Å²) in [5.41, 5.74) is 6.93. The lowest BCUT2D eigenvalue weighted by Crippen LogP contribution is -2.35. The van der Waals surface area contributed by atoms with Crippen LogP contribution in [0.4, 0.5) is 0 Å². The average molecular weight is 292 g/mol. The van der Waals surface area contributed by atoms with Gasteiger partial charge in [0.15, 0.2) is 0 Å². The first-order chi connectivity index (χ1) is 10.0. The van der Waals surface area contributed by atoms with Gasteiger partial charge in [0.25, 0.3) is 0 Å². The largest absolute Gasteiger partial charge is 0.490 e. The van der Waals surface area contributed by atoms with E-state index >= 15 is 0 Å². The second-order valence-corrected chi connectivity index (χ2v) is 5.73. The maximum absolute atomic E-state index is 10.6. The second-order valence-electron chi connectivity index (χ2n) is 5.73. The Morgan fingerprint density at radius 1 is 1.38 bits per heavy atom. The first-order valence-corrected chi connectivity index (χ1v) is 7.47. The molecule has 0 spiro atoms. The van der Waals surface area contributed by atoms with Crippen LogP contribution >= 0.6 is 0 Å². The summed E-state index contributed by atoms with van der Waals surface area (Å²) in [5, 5.41) is 8.68. The Balaban J connectivity index is 1.85. The van der Waals surface area contributed by atoms with Crippen molar-refractivity contribution in [2.45, 2.75) is 37.8 Å². The Kier molecular flexibility index (Phi) is 5.59. The maximum Gasteiger partial charge on any atom is 0.303 e. The number of nitrogens with zero attached hydrogens (tertiary/aromatic N) is 1. The van der Waals surface area contributed by atoms with Gasteiger partial charge in [-0.1, -0.05) is 12.1 Å². The molecule has 21 heavy (non-hydrogen) atoms. The fourth-order valence-electron chi connectivity index (χ4n) is 2.53. The van der Waals surface area contributed by atoms with Crippen LogP contribution in [-0.2, 0) is 4.79 Å². The Morgan fingerprint density at radius 3 is 2.57 bits per heavy atom. The average Bonchev–Trinajstić information content (AvgIpc) is 2.48. The zero-order valence-corrected chi connectivity index (χ0v) is 12.5. The van der Waals surface area contributed by atoms with Crippen LogP contribution in [0, 0.1) is 0 Å². The molecule has 5 heteroatoms. The third-order valence-corrected chi connectivity index (χ3v) is 3.95. The van der Waals surface area contributed by atoms with E-state index in [4.69, 9.17) is 15.6 Å². The lowest BCUT2D eigenvalue weighted by atomic mass is 10.0. The number of hydrogen-bond donors (Lipinski definition) is 2. The van der Waals surface area contributed by atoms with Crippen molar-refractivity contribution in [1.82, 2.24) is 4.90 Å². The van der Waals surface area contributed by atoms with Crippen molar-refractivity contribution in [3.63, 3.8) is 0 Å². The fourth-order valence-corrected chi connectivity index (χ4v) is 2.53. The van der Waals surface area contributed by atoms with Crippen LogP contribution in [0.1, 0.15) is 37.3 Å². The van der Waals surface area contributed by atoms with Crippen molar-refractivity contribution in [1.29, 1.82) is 0 Å². The smallest absolute Gasteiger partial charge is 0.303 e. The Labute approximate surface area is 125 Å². The van der Waals surface area contributed by atoms with Gasteiger partial charge in [0.1, 0.15) is 11.9 Å². The molecule has 5 nitrogen and oxygen atoms in total. The molecule has 1 aromatic carbocycles. The molecule has 1 atom stereocenters. The topological polar surface area (TPSA) is 75.8 Å². The van der Waals surface area contributed by atoms with E-state index in [-0.39, 0.29) is 18.6 Å². The number of aliphatic carboxylic acids is 1. The second kappa shape index (κ2) is 7.43. The number of carboxylic acids is 1. The Hall–Kier alpha value is -1.59. The van der Waals surface area contributed by atoms with Gasteiger partial charge in [-0.2, -0.15) is 0 Å². The van der Waals surface area contributed by atoms with Crippen LogP contribution in [0.2, 0.25) is 0 Å². The summed E-state index contributed by atoms with van der Waals surface area (Å²) in [7, 11) is 2.13. The zero-order chi connectivity index (χ0) is 15.2. The Bertz CT molecular complexity index is 453. The maximum atomic E-state index is 10.6. The molecule has 1 unspecified atom stereocenters. The molecule has 3 N–H and O–H groups in total. The fraction of sp³-hybridized carbons (Fsp3) is 0.562. The predicted octanol–water partition coefficient (Wildman–Crippen LogP) is 2.02. The van der Waals surface area contributed by atoms with Crippen molar-refractivity contribution >= 4 is 5.97 Å². The highest BCUT2D eigenvalue weighted by atomic mass is 16.5. The molecular formula is C16H24N2O3. The molecule has 1 aromatic rings. The summed E-state index contributed by atoms with van der Waals surface area (Å²) in [5.74, 6) is 0.0476. The summed E-state index contributed by atoms with van der Waals surface area (Å²) in [6.07, 6.45) is 2.93. The van der Waals surface area contributed by atoms with Gasteiger partial charge in [-0.15, -0.1) is 0 Å². The standard InChI is InChI=1S/C16H24N2O3/c1-18-10-8-14(9-11-18)21-13-4-2-12(3-5-13)15(17)6-7-16(19)20/h2-5,14-15H,6-11,17H2,1H3,(H,19,20). The Morgan fingerprint density at radius 2 is 2.00 bits per heavy atom. The van der Waals surface area contributed by atoms with E-state index in [1.54, 1.807) is 0 Å². The normalized spacial score (nSPS) is 18.4. The molecule has 1 aliphatic heterocycles. The molecule has 116 valence electrons. The highest BCUT2D eigenvalue weighted by molar-refractivity contribution is 5.66. The number of rotatable bonds is 6. The number of benzene rings is 1. The van der Waals surface area contributed by atoms with Crippen LogP contribution in [0.5, 0.6) is 5.75 Å². The number of carboxylic acid groups (broad SMARTS) is 1. The molecule has 1 saturated heterocycles. The first-order valence-electron chi connectivity index (χ1n) is 7.47. The van der Waals surface area contributed by atoms with Crippen molar-refractivity contribution in [3.05, 3.63) is 29.8 Å². The van der Waals surface area contributed by atoms with E-state index in [0.29, 0.717) is 6.42 Å². The molecule has 1 heterocycles. The zero-order valence-electron chi connectivity index (χ0n) is 12.5. The minimum Gasteiger partial charge on any atom is -0.490 e. The van der Waals surface area contributed by atoms with Gasteiger partial charge in [-0.25, -0.2) is 0 Å². The molecule has 0 radical (unpaired) electrons. The van der Waals surface area contributed by atoms with Gasteiger partial charge >= 0.3 is 5.97 Å². The molecule has 1 aliphatic rings. The number of hydrogen-bond acceptors (Lipinski definition) is 4. The molecule has 1 fully saturated rings. The van der Waals surface area contributed by atoms with E-state index in [0.717, 1.165) is 37.2 Å². The van der Waals surface area contributed by atoms with Gasteiger partial charge in [0.05, 0.1) is 0 Å². The third kappa shape index (κ3) is 5.02. The SMILES string of the molecule is CN1CCC(Oc2ccc(C(N)CCC(=O)O)cc2)CC1. The summed E-state index contributed by atoms with van der Waals surface area (Å²) in [6.45, 7) is 2.14. The van der Waals surface area contributed by atoms with Crippen LogP contribution < -0.4 is 10.5 Å². The summed E-state index contributed by atoms with van der Waals surface area (Å²) in [4.78, 5) is 12.9. The first kappa shape index (κ1) is 15.8. The number of likely N-dealkylation sites (tertiary alicyclic amines) is 1. The van der Waals surface area contributed by atoms with Gasteiger partial charge in [0.2, 0.25) is 0 Å². The monoisotopic (exact) mass is 292 g/mol. The summed E-state index contributed by atoms with van der Waals surface area (Å²) < 4.78 is 5.97. The van der Waals surface area contributed by atoms with E-state index in [1.165, 1.54) is 0 Å². The van der Waals surface area contributed by atoms with Crippen LogP contribution in [-0.4, -0.2) is 42.2 Å². The molecule has 0 amide bonds. The van der Waals surface area contributed by atoms with E-state index in [2.05, 4.69) is 11.9 Å². The molecule has 0 aliphatic carbocycles. The van der Waals surface area contributed by atoms with Crippen molar-refractivity contribution in [2.75, 3.05) is 20.1 Å². The van der Waals surface area contributed by atoms with Gasteiger partial charge in [-0.05, 0) is 44.0 Å². The summed E-state index contributed by atoms with van der Waals surface area (Å²) >= 11 is 0. The third-order valence-electron chi connectivity index (χ3n) is 3.95. The van der Waals surface area contributed by atoms with Gasteiger partial charge in [-0.3, -0.25) is 4.79 Å². The molecule has 2 rings (SSSR count). The van der Waals surface area contributed by atoms with E-state index < -0.39 is 5.97 Å². The quantitative estimate of drug-likeness (QED) is 0.839. The molecule has 0 aromatic heterocycles. The van der Waals surface area contributed by atoms with Crippen LogP contribution in [0.3, 0.4) is 0 Å². The van der Waals surface area contributed by atoms with Crippen molar-refractivity contribution in [2.24, 2.45) is 5.73 Å². The lowest BCUT2D eigenvalue weighted by molar-refractivity contribution is -0.137. The molecular weight excluding hydrogens is 268 g/mol. The van der Waals surface area contributed by atoms with E-state index in [9.17, 15) is 4.79 Å². The van der Waals surface area contributed by atoms with Crippen molar-refractivity contribution in [3.8, 4) is 5.75 Å². The lowest BCUT2D eigenvalue weighted by Gasteiger charge is -2.29. The molecule has 0 bridgehead atoms. The van der Waals surface area contributed by atoms with Gasteiger partial charge < -0.3 is 20.5 Å². The molecule has 0 saturated carbocycles. The minimum absolute atomic E-state index is 0.0923. The van der Waals surface area contributed by atoms with Gasteiger partial charge in [0, 0.05) is 25.6 Å². The number of ether oxygens (including phenoxy) is 1. The van der Waals surface area contributed by atoms with Crippen LogP contribution in [0.25, 0.3) is 0 Å². The van der Waals surface area contributed by atoms with Crippen molar-refractivity contribution < 1.29 is 14.6 Å². The number of piperidine rings is 1. The summed E-state index contributed by atoms with van der Waals surface area (Å²) in [6, 6.07) is 7.47. The predicted molar refractivity (Wildman–Crippen MR) is 81.4 cm³/mol. The minimum atomic E-state index is -0.812. The number of nitrogens with two attached hydrogens (primary N) is 1.